The third-order valence-corrected chi connectivity index (χ3v) is 5.72. The fourth-order valence-electron chi connectivity index (χ4n) is 3.96. The van der Waals surface area contributed by atoms with Crippen LogP contribution in [-0.2, 0) is 4.79 Å². The van der Waals surface area contributed by atoms with E-state index in [9.17, 15) is 9.59 Å². The minimum atomic E-state index is -0.0556. The number of nitrogens with zero attached hydrogens (tertiary/aromatic N) is 4. The van der Waals surface area contributed by atoms with Crippen molar-refractivity contribution < 1.29 is 9.59 Å². The summed E-state index contributed by atoms with van der Waals surface area (Å²) < 4.78 is 0. The van der Waals surface area contributed by atoms with E-state index in [1.807, 2.05) is 28.1 Å². The van der Waals surface area contributed by atoms with E-state index in [4.69, 9.17) is 0 Å². The Labute approximate surface area is 168 Å². The van der Waals surface area contributed by atoms with Crippen molar-refractivity contribution in [3.8, 4) is 0 Å². The molecule has 1 aromatic heterocycles. The molecular weight excluding hydrogens is 354 g/mol. The zero-order chi connectivity index (χ0) is 19.9. The van der Waals surface area contributed by atoms with E-state index in [0.29, 0.717) is 19.6 Å². The Bertz CT molecular complexity index is 637. The number of hydrogen-bond donors (Lipinski definition) is 1. The molecule has 2 aliphatic rings. The Morgan fingerprint density at radius 3 is 2.36 bits per heavy atom. The normalized spacial score (nSPS) is 19.5. The Hall–Kier alpha value is -2.15. The molecular formula is C21H33N5O2. The zero-order valence-corrected chi connectivity index (χ0v) is 17.1. The number of aromatic nitrogens is 1. The summed E-state index contributed by atoms with van der Waals surface area (Å²) in [5.41, 5.74) is 1.02. The average Bonchev–Trinajstić information content (AvgIpc) is 2.73. The van der Waals surface area contributed by atoms with Crippen LogP contribution >= 0.6 is 0 Å². The number of piperazine rings is 1. The molecule has 2 saturated heterocycles. The van der Waals surface area contributed by atoms with Crippen LogP contribution < -0.4 is 5.32 Å². The number of amides is 3. The molecule has 7 heteroatoms. The zero-order valence-electron chi connectivity index (χ0n) is 17.1. The maximum absolute atomic E-state index is 12.8. The van der Waals surface area contributed by atoms with Crippen LogP contribution in [0.4, 0.5) is 4.79 Å². The van der Waals surface area contributed by atoms with E-state index in [1.165, 1.54) is 6.42 Å². The van der Waals surface area contributed by atoms with Crippen LogP contribution in [0, 0.1) is 5.92 Å². The van der Waals surface area contributed by atoms with Crippen molar-refractivity contribution in [1.29, 1.82) is 0 Å². The lowest BCUT2D eigenvalue weighted by molar-refractivity contribution is -0.133. The standard InChI is InChI=1S/C21H33N5O2/c1-17(2)20(18-7-6-8-22-15-18)23-21(28)26-13-11-24(12-14-26)16-19(27)25-9-4-3-5-10-25/h6-8,15,17,20H,3-5,9-14,16H2,1-2H3,(H,23,28). The molecule has 2 fully saturated rings. The van der Waals surface area contributed by atoms with E-state index in [2.05, 4.69) is 29.0 Å². The van der Waals surface area contributed by atoms with Crippen molar-refractivity contribution in [1.82, 2.24) is 25.0 Å². The minimum Gasteiger partial charge on any atom is -0.342 e. The quantitative estimate of drug-likeness (QED) is 0.840. The summed E-state index contributed by atoms with van der Waals surface area (Å²) in [5.74, 6) is 0.505. The van der Waals surface area contributed by atoms with Gasteiger partial charge in [-0.05, 0) is 36.8 Å². The number of piperidine rings is 1. The first-order valence-corrected chi connectivity index (χ1v) is 10.5. The first-order chi connectivity index (χ1) is 13.5. The molecule has 7 nitrogen and oxygen atoms in total. The molecule has 3 rings (SSSR count). The second-order valence-corrected chi connectivity index (χ2v) is 8.16. The van der Waals surface area contributed by atoms with Crippen LogP contribution in [-0.4, -0.2) is 77.4 Å². The van der Waals surface area contributed by atoms with E-state index in [-0.39, 0.29) is 23.9 Å². The van der Waals surface area contributed by atoms with Crippen LogP contribution in [0.15, 0.2) is 24.5 Å². The van der Waals surface area contributed by atoms with Crippen molar-refractivity contribution in [2.24, 2.45) is 5.92 Å². The van der Waals surface area contributed by atoms with Crippen molar-refractivity contribution in [3.63, 3.8) is 0 Å². The Morgan fingerprint density at radius 2 is 1.75 bits per heavy atom. The van der Waals surface area contributed by atoms with E-state index >= 15 is 0 Å². The molecule has 0 aromatic carbocycles. The average molecular weight is 388 g/mol. The van der Waals surface area contributed by atoms with Gasteiger partial charge in [-0.2, -0.15) is 0 Å². The number of hydrogen-bond acceptors (Lipinski definition) is 4. The van der Waals surface area contributed by atoms with Gasteiger partial charge in [0.25, 0.3) is 0 Å². The highest BCUT2D eigenvalue weighted by Gasteiger charge is 2.27. The third kappa shape index (κ3) is 5.44. The van der Waals surface area contributed by atoms with Gasteiger partial charge < -0.3 is 15.1 Å². The molecule has 1 atom stereocenters. The molecule has 3 heterocycles. The second-order valence-electron chi connectivity index (χ2n) is 8.16. The molecule has 3 amide bonds. The number of likely N-dealkylation sites (tertiary alicyclic amines) is 1. The van der Waals surface area contributed by atoms with Gasteiger partial charge in [-0.15, -0.1) is 0 Å². The van der Waals surface area contributed by atoms with Crippen LogP contribution in [0.2, 0.25) is 0 Å². The molecule has 1 unspecified atom stereocenters. The Morgan fingerprint density at radius 1 is 1.04 bits per heavy atom. The summed E-state index contributed by atoms with van der Waals surface area (Å²) in [5, 5.41) is 3.16. The predicted octanol–water partition coefficient (Wildman–Crippen LogP) is 2.12. The number of carbonyl (C=O) groups is 2. The van der Waals surface area contributed by atoms with Gasteiger partial charge in [0.05, 0.1) is 12.6 Å². The largest absolute Gasteiger partial charge is 0.342 e. The lowest BCUT2D eigenvalue weighted by Gasteiger charge is -2.37. The summed E-state index contributed by atoms with van der Waals surface area (Å²) in [7, 11) is 0. The SMILES string of the molecule is CC(C)C(NC(=O)N1CCN(CC(=O)N2CCCCC2)CC1)c1cccnc1. The Balaban J connectivity index is 1.47. The maximum atomic E-state index is 12.8. The number of rotatable bonds is 5. The lowest BCUT2D eigenvalue weighted by atomic mass is 9.97. The topological polar surface area (TPSA) is 68.8 Å². The first-order valence-electron chi connectivity index (χ1n) is 10.5. The lowest BCUT2D eigenvalue weighted by Crippen LogP contribution is -2.54. The van der Waals surface area contributed by atoms with Crippen molar-refractivity contribution >= 4 is 11.9 Å². The summed E-state index contributed by atoms with van der Waals surface area (Å²) in [6.07, 6.45) is 7.03. The fraction of sp³-hybridized carbons (Fsp3) is 0.667. The van der Waals surface area contributed by atoms with Gasteiger partial charge in [0.2, 0.25) is 5.91 Å². The highest BCUT2D eigenvalue weighted by Crippen LogP contribution is 2.21. The number of urea groups is 1. The molecule has 1 aromatic rings. The summed E-state index contributed by atoms with van der Waals surface area (Å²) in [6, 6.07) is 3.81. The van der Waals surface area contributed by atoms with Crippen LogP contribution in [0.25, 0.3) is 0 Å². The molecule has 0 radical (unpaired) electrons. The second kappa shape index (κ2) is 9.87. The van der Waals surface area contributed by atoms with Gasteiger partial charge in [0.1, 0.15) is 0 Å². The predicted molar refractivity (Wildman–Crippen MR) is 109 cm³/mol. The molecule has 0 spiro atoms. The Kier molecular flexibility index (Phi) is 7.25. The summed E-state index contributed by atoms with van der Waals surface area (Å²) in [4.78, 5) is 35.4. The van der Waals surface area contributed by atoms with E-state index < -0.39 is 0 Å². The van der Waals surface area contributed by atoms with Gasteiger partial charge in [0, 0.05) is 51.7 Å². The first kappa shape index (κ1) is 20.6. The van der Waals surface area contributed by atoms with E-state index in [1.54, 1.807) is 6.20 Å². The van der Waals surface area contributed by atoms with Gasteiger partial charge in [-0.3, -0.25) is 14.7 Å². The minimum absolute atomic E-state index is 0.0374. The van der Waals surface area contributed by atoms with Gasteiger partial charge >= 0.3 is 6.03 Å². The molecule has 28 heavy (non-hydrogen) atoms. The van der Waals surface area contributed by atoms with E-state index in [0.717, 1.165) is 44.6 Å². The van der Waals surface area contributed by atoms with Crippen LogP contribution in [0.1, 0.15) is 44.7 Å². The number of carbonyl (C=O) groups excluding carboxylic acids is 2. The number of pyridine rings is 1. The number of nitrogens with one attached hydrogen (secondary N) is 1. The van der Waals surface area contributed by atoms with Crippen LogP contribution in [0.3, 0.4) is 0 Å². The van der Waals surface area contributed by atoms with Crippen molar-refractivity contribution in [2.45, 2.75) is 39.2 Å². The third-order valence-electron chi connectivity index (χ3n) is 5.72. The van der Waals surface area contributed by atoms with Crippen molar-refractivity contribution in [2.75, 3.05) is 45.8 Å². The molecule has 0 saturated carbocycles. The molecule has 154 valence electrons. The van der Waals surface area contributed by atoms with Crippen LogP contribution in [0.5, 0.6) is 0 Å². The summed E-state index contributed by atoms with van der Waals surface area (Å²) in [6.45, 7) is 9.24. The van der Waals surface area contributed by atoms with Crippen molar-refractivity contribution in [3.05, 3.63) is 30.1 Å². The maximum Gasteiger partial charge on any atom is 0.317 e. The highest BCUT2D eigenvalue weighted by atomic mass is 16.2. The monoisotopic (exact) mass is 387 g/mol. The summed E-state index contributed by atoms with van der Waals surface area (Å²) >= 11 is 0. The fourth-order valence-corrected chi connectivity index (χ4v) is 3.96. The molecule has 0 bridgehead atoms. The van der Waals surface area contributed by atoms with Gasteiger partial charge in [-0.1, -0.05) is 19.9 Å². The molecule has 2 aliphatic heterocycles. The highest BCUT2D eigenvalue weighted by molar-refractivity contribution is 5.78. The molecule has 0 aliphatic carbocycles. The van der Waals surface area contributed by atoms with Gasteiger partial charge in [-0.25, -0.2) is 4.79 Å². The van der Waals surface area contributed by atoms with Gasteiger partial charge in [0.15, 0.2) is 0 Å². The smallest absolute Gasteiger partial charge is 0.317 e. The molecule has 1 N–H and O–H groups in total.